The zero-order valence-corrected chi connectivity index (χ0v) is 28.2. The van der Waals surface area contributed by atoms with Crippen LogP contribution in [0.3, 0.4) is 0 Å². The number of phenolic OH excluding ortho intramolecular Hbond substituents is 1. The molecule has 0 saturated heterocycles. The van der Waals surface area contributed by atoms with Crippen LogP contribution in [0.5, 0.6) is 5.75 Å². The zero-order chi connectivity index (χ0) is 34.5. The average molecular weight is 645 g/mol. The first-order valence-corrected chi connectivity index (χ1v) is 14.9. The van der Waals surface area contributed by atoms with Gasteiger partial charge in [-0.1, -0.05) is 83.9 Å². The fourth-order valence-electron chi connectivity index (χ4n) is 4.02. The molecule has 244 valence electrons. The van der Waals surface area contributed by atoms with Gasteiger partial charge >= 0.3 is 0 Å². The number of nitrogens with zero attached hydrogens (tertiary/aromatic N) is 2. The molecule has 1 saturated carbocycles. The van der Waals surface area contributed by atoms with Gasteiger partial charge in [0.25, 0.3) is 0 Å². The van der Waals surface area contributed by atoms with Crippen molar-refractivity contribution >= 4 is 36.8 Å². The minimum absolute atomic E-state index is 0.00867. The summed E-state index contributed by atoms with van der Waals surface area (Å²) in [6.45, 7) is 8.89. The lowest BCUT2D eigenvalue weighted by Crippen LogP contribution is -2.37. The number of carbonyl (C=O) groups is 3. The highest BCUT2D eigenvalue weighted by Gasteiger charge is 2.17. The van der Waals surface area contributed by atoms with Gasteiger partial charge in [-0.15, -0.1) is 0 Å². The molecule has 8 heteroatoms. The van der Waals surface area contributed by atoms with Crippen molar-refractivity contribution in [3.05, 3.63) is 131 Å². The second-order valence-electron chi connectivity index (χ2n) is 10.5. The van der Waals surface area contributed by atoms with E-state index in [0.717, 1.165) is 17.0 Å². The van der Waals surface area contributed by atoms with Crippen LogP contribution in [-0.2, 0) is 25.7 Å². The van der Waals surface area contributed by atoms with E-state index in [2.05, 4.69) is 55.5 Å². The summed E-state index contributed by atoms with van der Waals surface area (Å²) in [5, 5.41) is 10.1. The number of allylic oxidation sites excluding steroid dienone is 2. The van der Waals surface area contributed by atoms with Crippen LogP contribution >= 0.6 is 11.6 Å². The molecule has 1 fully saturated rings. The number of phenols is 1. The van der Waals surface area contributed by atoms with Crippen molar-refractivity contribution < 1.29 is 24.2 Å². The smallest absolute Gasteiger partial charge is 0.241 e. The third kappa shape index (κ3) is 14.8. The number of ether oxygens (including phenoxy) is 1. The molecule has 46 heavy (non-hydrogen) atoms. The van der Waals surface area contributed by atoms with Gasteiger partial charge in [-0.05, 0) is 99.4 Å². The molecule has 0 atom stereocenters. The molecule has 1 amide bonds. The van der Waals surface area contributed by atoms with Gasteiger partial charge in [0.15, 0.2) is 0 Å². The second-order valence-corrected chi connectivity index (χ2v) is 10.9. The van der Waals surface area contributed by atoms with E-state index < -0.39 is 0 Å². The van der Waals surface area contributed by atoms with Gasteiger partial charge in [-0.2, -0.15) is 0 Å². The molecule has 1 N–H and O–H groups in total. The van der Waals surface area contributed by atoms with Crippen LogP contribution in [0, 0.1) is 6.92 Å². The van der Waals surface area contributed by atoms with Crippen LogP contribution in [0.4, 0.5) is 5.69 Å². The van der Waals surface area contributed by atoms with Crippen LogP contribution < -0.4 is 4.90 Å². The number of likely N-dealkylation sites (N-methyl/N-ethyl adjacent to an activating group) is 1. The van der Waals surface area contributed by atoms with Gasteiger partial charge < -0.3 is 29.2 Å². The van der Waals surface area contributed by atoms with Gasteiger partial charge in [0, 0.05) is 10.7 Å². The van der Waals surface area contributed by atoms with Gasteiger partial charge in [-0.3, -0.25) is 4.79 Å². The van der Waals surface area contributed by atoms with Crippen molar-refractivity contribution in [1.82, 2.24) is 4.90 Å². The van der Waals surface area contributed by atoms with Crippen molar-refractivity contribution in [1.29, 1.82) is 0 Å². The van der Waals surface area contributed by atoms with E-state index in [4.69, 9.17) is 25.9 Å². The van der Waals surface area contributed by atoms with Crippen LogP contribution in [0.1, 0.15) is 30.9 Å². The minimum Gasteiger partial charge on any atom is -0.508 e. The Bertz CT molecular complexity index is 1450. The lowest BCUT2D eigenvalue weighted by Gasteiger charge is -2.24. The maximum atomic E-state index is 12.5. The number of amides is 1. The Labute approximate surface area is 278 Å². The number of carbonyl (C=O) groups excluding carboxylic acids is 3. The van der Waals surface area contributed by atoms with Crippen LogP contribution in [0.2, 0.25) is 5.02 Å². The molecule has 0 unspecified atom stereocenters. The van der Waals surface area contributed by atoms with E-state index in [0.29, 0.717) is 18.1 Å². The molecule has 0 heterocycles. The first-order valence-electron chi connectivity index (χ1n) is 14.6. The molecule has 1 aliphatic rings. The molecule has 4 aromatic carbocycles. The molecule has 0 radical (unpaired) electrons. The normalized spacial score (nSPS) is 10.6. The molecular formula is C38H45ClN2O5. The van der Waals surface area contributed by atoms with Gasteiger partial charge in [0.1, 0.15) is 19.3 Å². The SMILES string of the molecule is C=O.C=O.CN(C)CC(=O)N(Cc1ccc(Cl)cc1)c1ccc(O)cc1.COC(C)=C1CC1.Cc1ccc(-c2ccccc2)cc1. The topological polar surface area (TPSA) is 87.2 Å². The summed E-state index contributed by atoms with van der Waals surface area (Å²) < 4.78 is 4.95. The number of rotatable bonds is 7. The van der Waals surface area contributed by atoms with Gasteiger partial charge in [0.05, 0.1) is 26.0 Å². The predicted molar refractivity (Wildman–Crippen MR) is 189 cm³/mol. The molecule has 5 rings (SSSR count). The van der Waals surface area contributed by atoms with E-state index in [1.54, 1.807) is 36.3 Å². The summed E-state index contributed by atoms with van der Waals surface area (Å²) in [5.74, 6) is 1.29. The monoisotopic (exact) mass is 644 g/mol. The molecule has 7 nitrogen and oxygen atoms in total. The number of aromatic hydroxyl groups is 1. The van der Waals surface area contributed by atoms with Crippen molar-refractivity contribution in [3.63, 3.8) is 0 Å². The van der Waals surface area contributed by atoms with Crippen LogP contribution in [-0.4, -0.2) is 57.2 Å². The average Bonchev–Trinajstić information content (AvgIpc) is 3.94. The van der Waals surface area contributed by atoms with Crippen molar-refractivity contribution in [2.24, 2.45) is 0 Å². The summed E-state index contributed by atoms with van der Waals surface area (Å²) in [4.78, 5) is 32.0. The number of anilines is 1. The Morgan fingerprint density at radius 1 is 0.804 bits per heavy atom. The fourth-order valence-corrected chi connectivity index (χ4v) is 4.15. The summed E-state index contributed by atoms with van der Waals surface area (Å²) >= 11 is 5.90. The maximum absolute atomic E-state index is 12.5. The molecule has 0 aliphatic heterocycles. The Morgan fingerprint density at radius 3 is 1.78 bits per heavy atom. The van der Waals surface area contributed by atoms with E-state index in [1.165, 1.54) is 35.1 Å². The number of halogens is 1. The lowest BCUT2D eigenvalue weighted by molar-refractivity contribution is -0.119. The Morgan fingerprint density at radius 2 is 1.33 bits per heavy atom. The van der Waals surface area contributed by atoms with Crippen molar-refractivity contribution in [3.8, 4) is 16.9 Å². The second kappa shape index (κ2) is 21.9. The number of hydrogen-bond acceptors (Lipinski definition) is 6. The van der Waals surface area contributed by atoms with E-state index in [9.17, 15) is 9.90 Å². The number of benzene rings is 4. The van der Waals surface area contributed by atoms with E-state index >= 15 is 0 Å². The van der Waals surface area contributed by atoms with Crippen LogP contribution in [0.15, 0.2) is 114 Å². The third-order valence-corrected chi connectivity index (χ3v) is 6.88. The standard InChI is InChI=1S/C17H19ClN2O2.C13H12.C6H10O.2CH2O/c1-19(2)12-17(22)20(15-7-9-16(21)10-8-15)11-13-3-5-14(18)6-4-13;1-11-7-9-13(10-8-11)12-5-3-2-4-6-12;1-5(7-2)6-3-4-6;2*1-2/h3-10,21H,11-12H2,1-2H3;2-10H,1H3;3-4H2,1-2H3;2*1H2. The van der Waals surface area contributed by atoms with Crippen molar-refractivity contribution in [2.75, 3.05) is 32.6 Å². The summed E-state index contributed by atoms with van der Waals surface area (Å²) in [7, 11) is 5.44. The highest BCUT2D eigenvalue weighted by molar-refractivity contribution is 6.30. The summed E-state index contributed by atoms with van der Waals surface area (Å²) in [5.41, 5.74) is 7.10. The molecule has 0 bridgehead atoms. The minimum atomic E-state index is -0.00867. The molecule has 0 spiro atoms. The molecule has 1 aliphatic carbocycles. The Kier molecular flexibility index (Phi) is 18.7. The zero-order valence-electron chi connectivity index (χ0n) is 27.4. The van der Waals surface area contributed by atoms with E-state index in [1.807, 2.05) is 69.8 Å². The highest BCUT2D eigenvalue weighted by atomic mass is 35.5. The first kappa shape index (κ1) is 39.3. The predicted octanol–water partition coefficient (Wildman–Crippen LogP) is 8.13. The fraction of sp³-hybridized carbons (Fsp3) is 0.237. The Balaban J connectivity index is 0.000000370. The maximum Gasteiger partial charge on any atom is 0.241 e. The van der Waals surface area contributed by atoms with E-state index in [-0.39, 0.29) is 11.7 Å². The van der Waals surface area contributed by atoms with Gasteiger partial charge in [-0.25, -0.2) is 0 Å². The van der Waals surface area contributed by atoms with Crippen LogP contribution in [0.25, 0.3) is 11.1 Å². The summed E-state index contributed by atoms with van der Waals surface area (Å²) in [6.07, 6.45) is 2.53. The number of methoxy groups -OCH3 is 1. The lowest BCUT2D eigenvalue weighted by atomic mass is 10.0. The first-order chi connectivity index (χ1) is 22.2. The number of hydrogen-bond donors (Lipinski definition) is 1. The molecular weight excluding hydrogens is 600 g/mol. The highest BCUT2D eigenvalue weighted by Crippen LogP contribution is 2.31. The number of aryl methyl sites for hydroxylation is 1. The summed E-state index contributed by atoms with van der Waals surface area (Å²) in [6, 6.07) is 33.1. The third-order valence-electron chi connectivity index (χ3n) is 6.63. The Hall–Kier alpha value is -4.72. The molecule has 4 aromatic rings. The van der Waals surface area contributed by atoms with Gasteiger partial charge in [0.2, 0.25) is 5.91 Å². The van der Waals surface area contributed by atoms with Crippen molar-refractivity contribution in [2.45, 2.75) is 33.2 Å². The largest absolute Gasteiger partial charge is 0.508 e. The quantitative estimate of drug-likeness (QED) is 0.204. The molecule has 0 aromatic heterocycles.